The van der Waals surface area contributed by atoms with Gasteiger partial charge in [-0.3, -0.25) is 4.79 Å². The number of methoxy groups -OCH3 is 1. The lowest BCUT2D eigenvalue weighted by atomic mass is 9.95. The highest BCUT2D eigenvalue weighted by Gasteiger charge is 2.54. The van der Waals surface area contributed by atoms with Crippen molar-refractivity contribution >= 4 is 16.0 Å². The maximum absolute atomic E-state index is 12.9. The lowest BCUT2D eigenvalue weighted by Gasteiger charge is -2.36. The molecule has 2 aliphatic rings. The molecule has 126 valence electrons. The fraction of sp³-hybridized carbons (Fsp3) is 0.562. The zero-order valence-corrected chi connectivity index (χ0v) is 14.2. The average Bonchev–Trinajstić information content (AvgIpc) is 2.74. The third kappa shape index (κ3) is 2.77. The molecule has 1 aliphatic heterocycles. The van der Waals surface area contributed by atoms with E-state index in [2.05, 4.69) is 0 Å². The van der Waals surface area contributed by atoms with E-state index in [1.54, 1.807) is 38.4 Å². The van der Waals surface area contributed by atoms with E-state index in [9.17, 15) is 13.2 Å². The van der Waals surface area contributed by atoms with E-state index in [1.165, 1.54) is 4.31 Å². The topological polar surface area (TPSA) is 72.9 Å². The van der Waals surface area contributed by atoms with Crippen LogP contribution in [0.3, 0.4) is 0 Å². The van der Waals surface area contributed by atoms with Gasteiger partial charge in [0.25, 0.3) is 0 Å². The Balaban J connectivity index is 1.92. The Kier molecular flexibility index (Phi) is 4.20. The summed E-state index contributed by atoms with van der Waals surface area (Å²) in [6.45, 7) is 1.91. The second kappa shape index (κ2) is 5.89. The van der Waals surface area contributed by atoms with Gasteiger partial charge in [-0.2, -0.15) is 4.31 Å². The summed E-state index contributed by atoms with van der Waals surface area (Å²) in [4.78, 5) is 11.9. The van der Waals surface area contributed by atoms with Crippen LogP contribution in [0.5, 0.6) is 0 Å². The molecule has 1 saturated carbocycles. The van der Waals surface area contributed by atoms with E-state index in [-0.39, 0.29) is 35.3 Å². The minimum Gasteiger partial charge on any atom is -0.461 e. The predicted octanol–water partition coefficient (Wildman–Crippen LogP) is 1.33. The Morgan fingerprint density at radius 3 is 2.52 bits per heavy atom. The molecular formula is C16H21NO5S. The molecule has 1 aromatic rings. The molecule has 23 heavy (non-hydrogen) atoms. The predicted molar refractivity (Wildman–Crippen MR) is 83.3 cm³/mol. The lowest BCUT2D eigenvalue weighted by molar-refractivity contribution is -0.157. The minimum absolute atomic E-state index is 0.160. The van der Waals surface area contributed by atoms with Gasteiger partial charge >= 0.3 is 5.97 Å². The van der Waals surface area contributed by atoms with Crippen molar-refractivity contribution in [2.24, 2.45) is 5.92 Å². The number of likely N-dealkylation sites (N-methyl/N-ethyl adjacent to an activating group) is 1. The van der Waals surface area contributed by atoms with Crippen molar-refractivity contribution in [3.63, 3.8) is 0 Å². The molecule has 2 fully saturated rings. The summed E-state index contributed by atoms with van der Waals surface area (Å²) in [5.74, 6) is -0.451. The fourth-order valence-corrected chi connectivity index (χ4v) is 5.05. The first-order valence-electron chi connectivity index (χ1n) is 7.61. The van der Waals surface area contributed by atoms with Gasteiger partial charge in [-0.1, -0.05) is 17.7 Å². The third-order valence-corrected chi connectivity index (χ3v) is 6.74. The van der Waals surface area contributed by atoms with Crippen LogP contribution in [-0.2, 0) is 24.3 Å². The summed E-state index contributed by atoms with van der Waals surface area (Å²) in [6, 6.07) is 6.36. The molecule has 0 aromatic heterocycles. The maximum Gasteiger partial charge on any atom is 0.306 e. The quantitative estimate of drug-likeness (QED) is 0.774. The number of nitrogens with zero attached hydrogens (tertiary/aromatic N) is 1. The zero-order chi connectivity index (χ0) is 16.8. The van der Waals surface area contributed by atoms with Crippen LogP contribution in [0.25, 0.3) is 0 Å². The van der Waals surface area contributed by atoms with Crippen molar-refractivity contribution < 1.29 is 22.7 Å². The van der Waals surface area contributed by atoms with E-state index in [4.69, 9.17) is 9.47 Å². The van der Waals surface area contributed by atoms with Gasteiger partial charge in [0.05, 0.1) is 23.5 Å². The van der Waals surface area contributed by atoms with E-state index in [0.29, 0.717) is 6.42 Å². The normalized spacial score (nSPS) is 30.5. The monoisotopic (exact) mass is 339 g/mol. The summed E-state index contributed by atoms with van der Waals surface area (Å²) in [6.07, 6.45) is 0.113. The molecule has 0 N–H and O–H groups in total. The number of benzene rings is 1. The Morgan fingerprint density at radius 2 is 1.91 bits per heavy atom. The Bertz CT molecular complexity index is 700. The third-order valence-electron chi connectivity index (χ3n) is 4.87. The highest BCUT2D eigenvalue weighted by Crippen LogP contribution is 2.41. The molecule has 0 amide bonds. The van der Waals surface area contributed by atoms with Gasteiger partial charge in [-0.25, -0.2) is 8.42 Å². The standard InChI is InChI=1S/C16H21NO5S/c1-10-4-6-11(7-5-10)23(19,20)17(2)16-12-8-15(18)22-14(16)9-13(12)21-3/h4-7,12-14,16H,8-9H2,1-3H3. The van der Waals surface area contributed by atoms with E-state index < -0.39 is 16.1 Å². The summed E-state index contributed by atoms with van der Waals surface area (Å²) in [7, 11) is -0.507. The average molecular weight is 339 g/mol. The van der Waals surface area contributed by atoms with Crippen molar-refractivity contribution in [2.45, 2.75) is 42.9 Å². The molecule has 4 atom stereocenters. The Morgan fingerprint density at radius 1 is 1.26 bits per heavy atom. The van der Waals surface area contributed by atoms with E-state index >= 15 is 0 Å². The lowest BCUT2D eigenvalue weighted by Crippen LogP contribution is -2.50. The fourth-order valence-electron chi connectivity index (χ4n) is 3.63. The van der Waals surface area contributed by atoms with Crippen LogP contribution >= 0.6 is 0 Å². The van der Waals surface area contributed by atoms with Gasteiger partial charge < -0.3 is 9.47 Å². The van der Waals surface area contributed by atoms with Crippen molar-refractivity contribution in [2.75, 3.05) is 14.2 Å². The second-order valence-corrected chi connectivity index (χ2v) is 8.23. The van der Waals surface area contributed by atoms with Crippen molar-refractivity contribution in [1.82, 2.24) is 4.31 Å². The van der Waals surface area contributed by atoms with Crippen LogP contribution in [0, 0.1) is 12.8 Å². The molecule has 1 aromatic carbocycles. The minimum atomic E-state index is -3.64. The highest BCUT2D eigenvalue weighted by molar-refractivity contribution is 7.89. The molecule has 4 unspecified atom stereocenters. The zero-order valence-electron chi connectivity index (χ0n) is 13.4. The summed E-state index contributed by atoms with van der Waals surface area (Å²) in [5, 5.41) is 0. The van der Waals surface area contributed by atoms with Crippen molar-refractivity contribution in [3.8, 4) is 0 Å². The number of fused-ring (bicyclic) bond motifs is 2. The van der Waals surface area contributed by atoms with Crippen LogP contribution in [0.1, 0.15) is 18.4 Å². The summed E-state index contributed by atoms with van der Waals surface area (Å²) in [5.41, 5.74) is 0.998. The smallest absolute Gasteiger partial charge is 0.306 e. The first-order chi connectivity index (χ1) is 10.8. The maximum atomic E-state index is 12.9. The molecule has 0 spiro atoms. The number of sulfonamides is 1. The number of ether oxygens (including phenoxy) is 2. The molecule has 1 aliphatic carbocycles. The SMILES string of the molecule is COC1CC2OC(=O)CC1C2N(C)S(=O)(=O)c1ccc(C)cc1. The number of carbonyl (C=O) groups excluding carboxylic acids is 1. The highest BCUT2D eigenvalue weighted by atomic mass is 32.2. The first kappa shape index (κ1) is 16.4. The van der Waals surface area contributed by atoms with Gasteiger partial charge in [-0.15, -0.1) is 0 Å². The molecule has 1 heterocycles. The van der Waals surface area contributed by atoms with Gasteiger partial charge in [0.15, 0.2) is 0 Å². The number of aryl methyl sites for hydroxylation is 1. The number of carbonyl (C=O) groups is 1. The van der Waals surface area contributed by atoms with Crippen LogP contribution in [0.15, 0.2) is 29.2 Å². The van der Waals surface area contributed by atoms with Crippen LogP contribution in [0.4, 0.5) is 0 Å². The molecular weight excluding hydrogens is 318 g/mol. The summed E-state index contributed by atoms with van der Waals surface area (Å²) < 4.78 is 37.9. The molecule has 6 nitrogen and oxygen atoms in total. The first-order valence-corrected chi connectivity index (χ1v) is 9.05. The van der Waals surface area contributed by atoms with Crippen LogP contribution in [-0.4, -0.2) is 51.1 Å². The molecule has 7 heteroatoms. The van der Waals surface area contributed by atoms with E-state index in [0.717, 1.165) is 5.56 Å². The number of rotatable bonds is 4. The van der Waals surface area contributed by atoms with Crippen LogP contribution < -0.4 is 0 Å². The van der Waals surface area contributed by atoms with Crippen LogP contribution in [0.2, 0.25) is 0 Å². The molecule has 1 saturated heterocycles. The second-order valence-electron chi connectivity index (χ2n) is 6.23. The molecule has 0 radical (unpaired) electrons. The number of esters is 1. The largest absolute Gasteiger partial charge is 0.461 e. The molecule has 2 bridgehead atoms. The van der Waals surface area contributed by atoms with Gasteiger partial charge in [0, 0.05) is 26.5 Å². The van der Waals surface area contributed by atoms with Gasteiger partial charge in [-0.05, 0) is 19.1 Å². The Hall–Kier alpha value is -1.44. The number of hydrogen-bond donors (Lipinski definition) is 0. The van der Waals surface area contributed by atoms with Crippen molar-refractivity contribution in [3.05, 3.63) is 29.8 Å². The van der Waals surface area contributed by atoms with Gasteiger partial charge in [0.2, 0.25) is 10.0 Å². The number of hydrogen-bond acceptors (Lipinski definition) is 5. The summed E-state index contributed by atoms with van der Waals surface area (Å²) >= 11 is 0. The van der Waals surface area contributed by atoms with E-state index in [1.807, 2.05) is 6.92 Å². The molecule has 3 rings (SSSR count). The van der Waals surface area contributed by atoms with Crippen molar-refractivity contribution in [1.29, 1.82) is 0 Å². The Labute approximate surface area is 136 Å². The van der Waals surface area contributed by atoms with Gasteiger partial charge in [0.1, 0.15) is 6.10 Å².